The highest BCUT2D eigenvalue weighted by Crippen LogP contribution is 2.13. The summed E-state index contributed by atoms with van der Waals surface area (Å²) < 4.78 is 5.15. The largest absolute Gasteiger partial charge is 0.459 e. The first-order chi connectivity index (χ1) is 12.0. The van der Waals surface area contributed by atoms with Crippen LogP contribution in [0.5, 0.6) is 0 Å². The first kappa shape index (κ1) is 17.4. The van der Waals surface area contributed by atoms with E-state index < -0.39 is 0 Å². The lowest BCUT2D eigenvalue weighted by Crippen LogP contribution is -2.54. The third-order valence-corrected chi connectivity index (χ3v) is 4.46. The Kier molecular flexibility index (Phi) is 5.35. The van der Waals surface area contributed by atoms with E-state index in [9.17, 15) is 9.59 Å². The van der Waals surface area contributed by atoms with Gasteiger partial charge in [-0.1, -0.05) is 11.6 Å². The Morgan fingerprint density at radius 3 is 2.60 bits per heavy atom. The minimum absolute atomic E-state index is 0.118. The molecule has 1 saturated heterocycles. The van der Waals surface area contributed by atoms with Gasteiger partial charge in [-0.25, -0.2) is 4.98 Å². The van der Waals surface area contributed by atoms with E-state index in [1.807, 2.05) is 11.8 Å². The molecule has 25 heavy (non-hydrogen) atoms. The summed E-state index contributed by atoms with van der Waals surface area (Å²) in [4.78, 5) is 32.5. The van der Waals surface area contributed by atoms with E-state index >= 15 is 0 Å². The number of carbonyl (C=O) groups is 2. The van der Waals surface area contributed by atoms with Crippen molar-refractivity contribution >= 4 is 29.2 Å². The molecule has 2 aromatic heterocycles. The molecule has 0 radical (unpaired) electrons. The van der Waals surface area contributed by atoms with Crippen LogP contribution in [0.4, 0.5) is 5.82 Å². The second kappa shape index (κ2) is 7.67. The predicted molar refractivity (Wildman–Crippen MR) is 93.5 cm³/mol. The number of nitrogens with one attached hydrogen (secondary N) is 1. The van der Waals surface area contributed by atoms with Crippen molar-refractivity contribution < 1.29 is 14.0 Å². The molecule has 3 heterocycles. The number of nitrogens with zero attached hydrogens (tertiary/aromatic N) is 3. The van der Waals surface area contributed by atoms with Gasteiger partial charge in [0.1, 0.15) is 5.82 Å². The van der Waals surface area contributed by atoms with Gasteiger partial charge in [-0.05, 0) is 31.2 Å². The number of carbonyl (C=O) groups excluding carboxylic acids is 2. The number of hydrogen-bond donors (Lipinski definition) is 1. The number of anilines is 1. The maximum absolute atomic E-state index is 12.4. The van der Waals surface area contributed by atoms with Crippen molar-refractivity contribution in [3.05, 3.63) is 47.5 Å². The second-order valence-corrected chi connectivity index (χ2v) is 6.27. The third-order valence-electron chi connectivity index (χ3n) is 4.24. The molecule has 2 aromatic rings. The Morgan fingerprint density at radius 1 is 1.24 bits per heavy atom. The number of rotatable bonds is 4. The molecule has 0 spiro atoms. The fourth-order valence-corrected chi connectivity index (χ4v) is 2.83. The van der Waals surface area contributed by atoms with Gasteiger partial charge in [0.25, 0.3) is 5.91 Å². The number of aromatic nitrogens is 1. The Bertz CT molecular complexity index is 725. The molecule has 1 aliphatic rings. The van der Waals surface area contributed by atoms with E-state index in [1.165, 1.54) is 12.5 Å². The molecule has 1 atom stereocenters. The molecule has 0 bridgehead atoms. The summed E-state index contributed by atoms with van der Waals surface area (Å²) in [6.07, 6.45) is 2.97. The maximum Gasteiger partial charge on any atom is 0.289 e. The number of pyridine rings is 1. The molecule has 1 fully saturated rings. The van der Waals surface area contributed by atoms with Crippen LogP contribution in [-0.2, 0) is 4.79 Å². The molecule has 0 aromatic carbocycles. The Morgan fingerprint density at radius 2 is 2.00 bits per heavy atom. The SMILES string of the molecule is CC(C(=O)Nc1ccc(Cl)cn1)N1CCN(C(=O)c2ccco2)CC1. The van der Waals surface area contributed by atoms with Crippen LogP contribution in [0.25, 0.3) is 0 Å². The first-order valence-corrected chi connectivity index (χ1v) is 8.41. The Hall–Kier alpha value is -2.38. The lowest BCUT2D eigenvalue weighted by Gasteiger charge is -2.37. The van der Waals surface area contributed by atoms with E-state index in [1.54, 1.807) is 29.2 Å². The Labute approximate surface area is 150 Å². The lowest BCUT2D eigenvalue weighted by molar-refractivity contribution is -0.121. The van der Waals surface area contributed by atoms with E-state index in [0.29, 0.717) is 42.8 Å². The van der Waals surface area contributed by atoms with Crippen LogP contribution >= 0.6 is 11.6 Å². The van der Waals surface area contributed by atoms with Crippen molar-refractivity contribution in [3.63, 3.8) is 0 Å². The van der Waals surface area contributed by atoms with E-state index in [0.717, 1.165) is 0 Å². The van der Waals surface area contributed by atoms with Crippen molar-refractivity contribution in [1.29, 1.82) is 0 Å². The first-order valence-electron chi connectivity index (χ1n) is 8.04. The minimum atomic E-state index is -0.321. The van der Waals surface area contributed by atoms with Crippen molar-refractivity contribution in [3.8, 4) is 0 Å². The molecular weight excluding hydrogens is 344 g/mol. The molecule has 7 nitrogen and oxygen atoms in total. The van der Waals surface area contributed by atoms with Gasteiger partial charge in [0, 0.05) is 32.4 Å². The molecular formula is C17H19ClN4O3. The quantitative estimate of drug-likeness (QED) is 0.901. The van der Waals surface area contributed by atoms with Crippen LogP contribution in [0.2, 0.25) is 5.02 Å². The molecule has 1 N–H and O–H groups in total. The van der Waals surface area contributed by atoms with Crippen LogP contribution in [0.1, 0.15) is 17.5 Å². The standard InChI is InChI=1S/C17H19ClN4O3/c1-12(16(23)20-15-5-4-13(18)11-19-15)21-6-8-22(9-7-21)17(24)14-3-2-10-25-14/h2-5,10-12H,6-9H2,1H3,(H,19,20,23). The summed E-state index contributed by atoms with van der Waals surface area (Å²) >= 11 is 5.79. The van der Waals surface area contributed by atoms with E-state index in [2.05, 4.69) is 10.3 Å². The van der Waals surface area contributed by atoms with Crippen molar-refractivity contribution in [2.45, 2.75) is 13.0 Å². The van der Waals surface area contributed by atoms with E-state index in [-0.39, 0.29) is 17.9 Å². The minimum Gasteiger partial charge on any atom is -0.459 e. The number of halogens is 1. The van der Waals surface area contributed by atoms with E-state index in [4.69, 9.17) is 16.0 Å². The van der Waals surface area contributed by atoms with Gasteiger partial charge in [0.05, 0.1) is 17.3 Å². The zero-order valence-corrected chi connectivity index (χ0v) is 14.6. The molecule has 8 heteroatoms. The summed E-state index contributed by atoms with van der Waals surface area (Å²) in [6, 6.07) is 6.36. The normalized spacial score (nSPS) is 16.5. The van der Waals surface area contributed by atoms with Crippen LogP contribution in [0.3, 0.4) is 0 Å². The van der Waals surface area contributed by atoms with Gasteiger partial charge in [0.15, 0.2) is 5.76 Å². The van der Waals surface area contributed by atoms with Gasteiger partial charge in [0.2, 0.25) is 5.91 Å². The highest BCUT2D eigenvalue weighted by atomic mass is 35.5. The average Bonchev–Trinajstić information content (AvgIpc) is 3.17. The predicted octanol–water partition coefficient (Wildman–Crippen LogP) is 2.11. The topological polar surface area (TPSA) is 78.7 Å². The molecule has 0 aliphatic carbocycles. The fraction of sp³-hybridized carbons (Fsp3) is 0.353. The second-order valence-electron chi connectivity index (χ2n) is 5.83. The van der Waals surface area contributed by atoms with Crippen molar-refractivity contribution in [2.24, 2.45) is 0 Å². The van der Waals surface area contributed by atoms with Gasteiger partial charge < -0.3 is 14.6 Å². The van der Waals surface area contributed by atoms with Crippen LogP contribution in [0, 0.1) is 0 Å². The van der Waals surface area contributed by atoms with Crippen LogP contribution in [0.15, 0.2) is 41.1 Å². The van der Waals surface area contributed by atoms with Gasteiger partial charge >= 0.3 is 0 Å². The van der Waals surface area contributed by atoms with Gasteiger partial charge in [-0.15, -0.1) is 0 Å². The maximum atomic E-state index is 12.4. The van der Waals surface area contributed by atoms with Crippen molar-refractivity contribution in [1.82, 2.24) is 14.8 Å². The molecule has 1 aliphatic heterocycles. The number of furan rings is 1. The van der Waals surface area contributed by atoms with Crippen molar-refractivity contribution in [2.75, 3.05) is 31.5 Å². The smallest absolute Gasteiger partial charge is 0.289 e. The highest BCUT2D eigenvalue weighted by molar-refractivity contribution is 6.30. The molecule has 0 saturated carbocycles. The zero-order chi connectivity index (χ0) is 17.8. The van der Waals surface area contributed by atoms with Crippen LogP contribution in [-0.4, -0.2) is 58.8 Å². The highest BCUT2D eigenvalue weighted by Gasteiger charge is 2.28. The molecule has 3 rings (SSSR count). The number of hydrogen-bond acceptors (Lipinski definition) is 5. The third kappa shape index (κ3) is 4.18. The van der Waals surface area contributed by atoms with Gasteiger partial charge in [-0.2, -0.15) is 0 Å². The molecule has 1 unspecified atom stereocenters. The molecule has 2 amide bonds. The monoisotopic (exact) mass is 362 g/mol. The summed E-state index contributed by atoms with van der Waals surface area (Å²) in [5.74, 6) is 0.550. The lowest BCUT2D eigenvalue weighted by atomic mass is 10.2. The van der Waals surface area contributed by atoms with Crippen LogP contribution < -0.4 is 5.32 Å². The summed E-state index contributed by atoms with van der Waals surface area (Å²) in [5, 5.41) is 3.29. The molecule has 132 valence electrons. The number of amides is 2. The zero-order valence-electron chi connectivity index (χ0n) is 13.8. The Balaban J connectivity index is 1.52. The summed E-state index contributed by atoms with van der Waals surface area (Å²) in [5.41, 5.74) is 0. The van der Waals surface area contributed by atoms with Gasteiger partial charge in [-0.3, -0.25) is 14.5 Å². The average molecular weight is 363 g/mol. The summed E-state index contributed by atoms with van der Waals surface area (Å²) in [7, 11) is 0. The fourth-order valence-electron chi connectivity index (χ4n) is 2.71. The number of piperazine rings is 1. The summed E-state index contributed by atoms with van der Waals surface area (Å²) in [6.45, 7) is 4.19.